The molecule has 0 aliphatic carbocycles. The van der Waals surface area contributed by atoms with Crippen LogP contribution in [-0.2, 0) is 11.3 Å². The van der Waals surface area contributed by atoms with Gasteiger partial charge in [0, 0.05) is 30.9 Å². The number of pyridine rings is 1. The number of aromatic nitrogens is 4. The summed E-state index contributed by atoms with van der Waals surface area (Å²) in [5.74, 6) is -0.130. The molecule has 0 radical (unpaired) electrons. The van der Waals surface area contributed by atoms with E-state index in [9.17, 15) is 9.59 Å². The van der Waals surface area contributed by atoms with E-state index in [1.165, 1.54) is 10.7 Å². The lowest BCUT2D eigenvalue weighted by Gasteiger charge is -2.18. The van der Waals surface area contributed by atoms with Crippen molar-refractivity contribution >= 4 is 11.4 Å². The Morgan fingerprint density at radius 3 is 2.40 bits per heavy atom. The van der Waals surface area contributed by atoms with Crippen molar-refractivity contribution in [1.82, 2.24) is 24.3 Å². The van der Waals surface area contributed by atoms with E-state index in [1.54, 1.807) is 15.5 Å². The first-order valence-electron chi connectivity index (χ1n) is 10.0. The maximum absolute atomic E-state index is 12.5. The lowest BCUT2D eigenvalue weighted by atomic mass is 10.0. The number of likely N-dealkylation sites (N-methyl/N-ethyl adjacent to an activating group) is 1. The second-order valence-corrected chi connectivity index (χ2v) is 6.90. The summed E-state index contributed by atoms with van der Waals surface area (Å²) < 4.78 is 3.03. The Balaban J connectivity index is 1.85. The van der Waals surface area contributed by atoms with Crippen molar-refractivity contribution in [1.29, 1.82) is 0 Å². The molecular weight excluding hydrogens is 378 g/mol. The number of benzene rings is 1. The van der Waals surface area contributed by atoms with Crippen molar-refractivity contribution in [2.24, 2.45) is 0 Å². The van der Waals surface area contributed by atoms with Gasteiger partial charge in [0.2, 0.25) is 5.91 Å². The number of rotatable bonds is 6. The summed E-state index contributed by atoms with van der Waals surface area (Å²) in [4.78, 5) is 26.6. The predicted molar refractivity (Wildman–Crippen MR) is 116 cm³/mol. The first-order chi connectivity index (χ1) is 14.6. The summed E-state index contributed by atoms with van der Waals surface area (Å²) in [5.41, 5.74) is 3.72. The van der Waals surface area contributed by atoms with E-state index in [-0.39, 0.29) is 18.0 Å². The smallest absolute Gasteiger partial charge is 0.267 e. The minimum atomic E-state index is -0.308. The van der Waals surface area contributed by atoms with Crippen LogP contribution in [0.5, 0.6) is 0 Å². The monoisotopic (exact) mass is 401 g/mol. The summed E-state index contributed by atoms with van der Waals surface area (Å²) in [5, 5.41) is 9.29. The van der Waals surface area contributed by atoms with Gasteiger partial charge in [-0.05, 0) is 32.0 Å². The molecule has 0 bridgehead atoms. The first kappa shape index (κ1) is 19.6. The maximum Gasteiger partial charge on any atom is 0.267 e. The van der Waals surface area contributed by atoms with Crippen LogP contribution < -0.4 is 5.56 Å². The number of fused-ring (bicyclic) bond motifs is 1. The Morgan fingerprint density at radius 2 is 1.67 bits per heavy atom. The quantitative estimate of drug-likeness (QED) is 0.498. The van der Waals surface area contributed by atoms with Crippen LogP contribution in [0, 0.1) is 0 Å². The topological polar surface area (TPSA) is 72.5 Å². The van der Waals surface area contributed by atoms with E-state index < -0.39 is 0 Å². The predicted octanol–water partition coefficient (Wildman–Crippen LogP) is 3.09. The number of carbonyl (C=O) groups is 1. The number of nitrogens with zero attached hydrogens (tertiary/aromatic N) is 5. The summed E-state index contributed by atoms with van der Waals surface area (Å²) in [7, 11) is 0. The van der Waals surface area contributed by atoms with Crippen LogP contribution in [0.4, 0.5) is 0 Å². The van der Waals surface area contributed by atoms with E-state index in [0.717, 1.165) is 22.3 Å². The molecule has 0 spiro atoms. The average Bonchev–Trinajstić information content (AvgIpc) is 3.16. The normalized spacial score (nSPS) is 11.0. The molecule has 1 aromatic carbocycles. The highest BCUT2D eigenvalue weighted by Gasteiger charge is 2.19. The Hall–Kier alpha value is -3.74. The highest BCUT2D eigenvalue weighted by Crippen LogP contribution is 2.33. The molecule has 0 N–H and O–H groups in total. The Morgan fingerprint density at radius 1 is 0.933 bits per heavy atom. The minimum absolute atomic E-state index is 0.0891. The lowest BCUT2D eigenvalue weighted by Crippen LogP contribution is -2.37. The molecule has 4 aromatic rings. The summed E-state index contributed by atoms with van der Waals surface area (Å²) in [6.45, 7) is 4.93. The minimum Gasteiger partial charge on any atom is -0.342 e. The first-order valence-corrected chi connectivity index (χ1v) is 10.0. The third kappa shape index (κ3) is 3.61. The van der Waals surface area contributed by atoms with Crippen LogP contribution in [0.2, 0.25) is 0 Å². The molecule has 0 saturated carbocycles. The number of hydrogen-bond donors (Lipinski definition) is 0. The molecule has 7 heteroatoms. The van der Waals surface area contributed by atoms with Gasteiger partial charge in [-0.15, -0.1) is 0 Å². The Bertz CT molecular complexity index is 1240. The molecule has 152 valence electrons. The molecular formula is C23H23N5O2. The number of hydrogen-bond acceptors (Lipinski definition) is 4. The molecule has 0 aliphatic rings. The van der Waals surface area contributed by atoms with E-state index in [0.29, 0.717) is 18.8 Å². The zero-order valence-electron chi connectivity index (χ0n) is 17.0. The molecule has 0 fully saturated rings. The van der Waals surface area contributed by atoms with Crippen LogP contribution in [0.1, 0.15) is 13.8 Å². The van der Waals surface area contributed by atoms with Gasteiger partial charge >= 0.3 is 0 Å². The molecule has 0 atom stereocenters. The standard InChI is InChI=1S/C23H23N5O2/c1-3-26(4-2)21(30)16-28-20(29)14-13-18(24-28)22-19-12-8-9-15-27(19)25-23(22)17-10-6-5-7-11-17/h5-15H,3-4,16H2,1-2H3. The van der Waals surface area contributed by atoms with Crippen LogP contribution in [0.3, 0.4) is 0 Å². The molecule has 30 heavy (non-hydrogen) atoms. The van der Waals surface area contributed by atoms with Crippen molar-refractivity contribution in [3.8, 4) is 22.5 Å². The molecule has 3 heterocycles. The van der Waals surface area contributed by atoms with Crippen molar-refractivity contribution in [3.63, 3.8) is 0 Å². The fourth-order valence-electron chi connectivity index (χ4n) is 3.55. The largest absolute Gasteiger partial charge is 0.342 e. The van der Waals surface area contributed by atoms with Crippen molar-refractivity contribution < 1.29 is 4.79 Å². The van der Waals surface area contributed by atoms with Gasteiger partial charge in [0.15, 0.2) is 0 Å². The second kappa shape index (κ2) is 8.32. The molecule has 0 saturated heterocycles. The molecule has 1 amide bonds. The van der Waals surface area contributed by atoms with Crippen molar-refractivity contribution in [3.05, 3.63) is 77.2 Å². The number of carbonyl (C=O) groups excluding carboxylic acids is 1. The van der Waals surface area contributed by atoms with E-state index >= 15 is 0 Å². The van der Waals surface area contributed by atoms with Gasteiger partial charge in [-0.1, -0.05) is 36.4 Å². The van der Waals surface area contributed by atoms with E-state index in [4.69, 9.17) is 5.10 Å². The van der Waals surface area contributed by atoms with Gasteiger partial charge < -0.3 is 4.90 Å². The van der Waals surface area contributed by atoms with Gasteiger partial charge in [0.05, 0.1) is 16.8 Å². The number of amides is 1. The average molecular weight is 401 g/mol. The lowest BCUT2D eigenvalue weighted by molar-refractivity contribution is -0.131. The highest BCUT2D eigenvalue weighted by atomic mass is 16.2. The van der Waals surface area contributed by atoms with Crippen molar-refractivity contribution in [2.45, 2.75) is 20.4 Å². The van der Waals surface area contributed by atoms with Gasteiger partial charge in [-0.3, -0.25) is 9.59 Å². The molecule has 0 aliphatic heterocycles. The van der Waals surface area contributed by atoms with Gasteiger partial charge in [0.1, 0.15) is 12.2 Å². The summed E-state index contributed by atoms with van der Waals surface area (Å²) in [6, 6.07) is 18.8. The summed E-state index contributed by atoms with van der Waals surface area (Å²) >= 11 is 0. The molecule has 4 rings (SSSR count). The van der Waals surface area contributed by atoms with E-state index in [2.05, 4.69) is 5.10 Å². The van der Waals surface area contributed by atoms with Gasteiger partial charge in [-0.2, -0.15) is 10.2 Å². The molecule has 0 unspecified atom stereocenters. The second-order valence-electron chi connectivity index (χ2n) is 6.90. The maximum atomic E-state index is 12.5. The molecule has 7 nitrogen and oxygen atoms in total. The zero-order chi connectivity index (χ0) is 21.1. The fraction of sp³-hybridized carbons (Fsp3) is 0.217. The van der Waals surface area contributed by atoms with Gasteiger partial charge in [-0.25, -0.2) is 9.20 Å². The Labute approximate surface area is 174 Å². The van der Waals surface area contributed by atoms with Crippen LogP contribution in [-0.4, -0.2) is 43.3 Å². The molecule has 3 aromatic heterocycles. The van der Waals surface area contributed by atoms with Crippen LogP contribution in [0.25, 0.3) is 28.0 Å². The third-order valence-corrected chi connectivity index (χ3v) is 5.11. The zero-order valence-corrected chi connectivity index (χ0v) is 17.0. The fourth-order valence-corrected chi connectivity index (χ4v) is 3.55. The summed E-state index contributed by atoms with van der Waals surface area (Å²) in [6.07, 6.45) is 1.88. The van der Waals surface area contributed by atoms with Gasteiger partial charge in [0.25, 0.3) is 5.56 Å². The van der Waals surface area contributed by atoms with E-state index in [1.807, 2.05) is 68.6 Å². The SMILES string of the molecule is CCN(CC)C(=O)Cn1nc(-c2c(-c3ccccc3)nn3ccccc23)ccc1=O. The van der Waals surface area contributed by atoms with Crippen LogP contribution >= 0.6 is 0 Å². The van der Waals surface area contributed by atoms with Crippen LogP contribution in [0.15, 0.2) is 71.7 Å². The third-order valence-electron chi connectivity index (χ3n) is 5.11. The highest BCUT2D eigenvalue weighted by molar-refractivity contribution is 5.90. The Kier molecular flexibility index (Phi) is 5.43. The van der Waals surface area contributed by atoms with Crippen molar-refractivity contribution in [2.75, 3.05) is 13.1 Å².